The number of allylic oxidation sites excluding steroid dienone is 6. The highest BCUT2D eigenvalue weighted by Crippen LogP contribution is 2.53. The highest BCUT2D eigenvalue weighted by Gasteiger charge is 2.63. The number of hydrogen-bond donors (Lipinski definition) is 0. The van der Waals surface area contributed by atoms with Crippen LogP contribution < -0.4 is 0 Å². The minimum Gasteiger partial charge on any atom is -0.488 e. The Morgan fingerprint density at radius 3 is 2.59 bits per heavy atom. The first-order valence-electron chi connectivity index (χ1n) is 10.3. The molecule has 1 fully saturated rings. The van der Waals surface area contributed by atoms with Crippen molar-refractivity contribution in [3.05, 3.63) is 70.6 Å². The van der Waals surface area contributed by atoms with Crippen LogP contribution in [0.3, 0.4) is 0 Å². The van der Waals surface area contributed by atoms with Crippen LogP contribution in [0.5, 0.6) is 0 Å². The van der Waals surface area contributed by atoms with Crippen molar-refractivity contribution in [3.63, 3.8) is 0 Å². The van der Waals surface area contributed by atoms with Crippen LogP contribution in [0, 0.1) is 11.3 Å². The topological polar surface area (TPSA) is 52.6 Å². The zero-order valence-corrected chi connectivity index (χ0v) is 17.6. The number of rotatable bonds is 0. The van der Waals surface area contributed by atoms with E-state index < -0.39 is 17.0 Å². The van der Waals surface area contributed by atoms with Gasteiger partial charge in [0.15, 0.2) is 5.60 Å². The number of Topliss-reactive ketones (excluding diaryl/α,β-unsaturated/α-hetero) is 1. The molecule has 4 bridgehead atoms. The fourth-order valence-corrected chi connectivity index (χ4v) is 4.83. The lowest BCUT2D eigenvalue weighted by Crippen LogP contribution is -2.53. The zero-order chi connectivity index (χ0) is 20.8. The van der Waals surface area contributed by atoms with Gasteiger partial charge in [0.25, 0.3) is 0 Å². The summed E-state index contributed by atoms with van der Waals surface area (Å²) in [5.41, 5.74) is 1.38. The predicted octanol–water partition coefficient (Wildman–Crippen LogP) is 4.91. The third-order valence-electron chi connectivity index (χ3n) is 6.57. The van der Waals surface area contributed by atoms with Gasteiger partial charge in [-0.25, -0.2) is 4.79 Å². The molecule has 29 heavy (non-hydrogen) atoms. The van der Waals surface area contributed by atoms with E-state index >= 15 is 0 Å². The summed E-state index contributed by atoms with van der Waals surface area (Å²) in [6.07, 6.45) is 16.5. The van der Waals surface area contributed by atoms with Gasteiger partial charge in [-0.05, 0) is 51.2 Å². The maximum absolute atomic E-state index is 13.8. The summed E-state index contributed by atoms with van der Waals surface area (Å²) < 4.78 is 11.8. The van der Waals surface area contributed by atoms with Crippen LogP contribution in [0.2, 0.25) is 0 Å². The van der Waals surface area contributed by atoms with Crippen molar-refractivity contribution in [1.29, 1.82) is 0 Å². The van der Waals surface area contributed by atoms with Crippen LogP contribution in [0.15, 0.2) is 70.6 Å². The summed E-state index contributed by atoms with van der Waals surface area (Å²) in [4.78, 5) is 26.7. The van der Waals surface area contributed by atoms with Gasteiger partial charge in [-0.1, -0.05) is 54.5 Å². The number of carbonyl (C=O) groups is 2. The summed E-state index contributed by atoms with van der Waals surface area (Å²) in [5, 5.41) is 0. The van der Waals surface area contributed by atoms with Crippen molar-refractivity contribution in [2.45, 2.75) is 52.6 Å². The molecule has 0 amide bonds. The first-order chi connectivity index (χ1) is 13.8. The molecule has 0 N–H and O–H groups in total. The second-order valence-corrected chi connectivity index (χ2v) is 8.83. The van der Waals surface area contributed by atoms with Crippen molar-refractivity contribution in [2.24, 2.45) is 11.3 Å². The van der Waals surface area contributed by atoms with Crippen molar-refractivity contribution < 1.29 is 19.1 Å². The minimum atomic E-state index is -1.24. The smallest absolute Gasteiger partial charge is 0.346 e. The van der Waals surface area contributed by atoms with E-state index in [1.54, 1.807) is 6.08 Å². The summed E-state index contributed by atoms with van der Waals surface area (Å²) >= 11 is 0. The van der Waals surface area contributed by atoms with E-state index in [2.05, 4.69) is 44.2 Å². The molecule has 3 aliphatic heterocycles. The lowest BCUT2D eigenvalue weighted by molar-refractivity contribution is -0.162. The molecule has 4 nitrogen and oxygen atoms in total. The number of hydrogen-bond acceptors (Lipinski definition) is 4. The number of carbonyl (C=O) groups excluding carboxylic acids is 2. The molecule has 3 atom stereocenters. The third-order valence-corrected chi connectivity index (χ3v) is 6.57. The Labute approximate surface area is 172 Å². The van der Waals surface area contributed by atoms with Crippen molar-refractivity contribution >= 4 is 11.8 Å². The fraction of sp³-hybridized carbons (Fsp3) is 0.440. The van der Waals surface area contributed by atoms with Crippen molar-refractivity contribution in [3.8, 4) is 0 Å². The highest BCUT2D eigenvalue weighted by atomic mass is 16.6. The molecule has 0 saturated carbocycles. The van der Waals surface area contributed by atoms with Crippen LogP contribution in [-0.2, 0) is 19.1 Å². The summed E-state index contributed by atoms with van der Waals surface area (Å²) in [5.74, 6) is -0.380. The Bertz CT molecular complexity index is 955. The largest absolute Gasteiger partial charge is 0.488 e. The monoisotopic (exact) mass is 392 g/mol. The SMILES string of the molecule is CC1=C[C@]2(C)/C=C(C)/C=C/CC/C=C3/C=CC(=C4C(=O)O[C@]2(C[C@@H]1C)C4=O)OC3. The van der Waals surface area contributed by atoms with Crippen LogP contribution in [0.4, 0.5) is 0 Å². The van der Waals surface area contributed by atoms with Gasteiger partial charge in [0.05, 0.1) is 5.41 Å². The van der Waals surface area contributed by atoms with Crippen LogP contribution in [-0.4, -0.2) is 24.0 Å². The molecular weight excluding hydrogens is 364 g/mol. The Balaban J connectivity index is 1.95. The van der Waals surface area contributed by atoms with Gasteiger partial charge >= 0.3 is 5.97 Å². The van der Waals surface area contributed by atoms with Crippen molar-refractivity contribution in [1.82, 2.24) is 0 Å². The van der Waals surface area contributed by atoms with E-state index in [9.17, 15) is 9.59 Å². The Hall–Kier alpha value is -2.62. The van der Waals surface area contributed by atoms with Crippen LogP contribution in [0.25, 0.3) is 0 Å². The van der Waals surface area contributed by atoms with Crippen molar-refractivity contribution in [2.75, 3.05) is 6.61 Å². The molecule has 1 spiro atoms. The van der Waals surface area contributed by atoms with Gasteiger partial charge in [0.1, 0.15) is 17.9 Å². The number of ketones is 1. The molecule has 4 heteroatoms. The van der Waals surface area contributed by atoms with Gasteiger partial charge in [0.2, 0.25) is 5.78 Å². The summed E-state index contributed by atoms with van der Waals surface area (Å²) in [6.45, 7) is 8.54. The van der Waals surface area contributed by atoms with Gasteiger partial charge in [-0.15, -0.1) is 0 Å². The van der Waals surface area contributed by atoms with E-state index in [-0.39, 0.29) is 17.3 Å². The predicted molar refractivity (Wildman–Crippen MR) is 112 cm³/mol. The average molecular weight is 392 g/mol. The first kappa shape index (κ1) is 19.7. The lowest BCUT2D eigenvalue weighted by atomic mass is 9.61. The Morgan fingerprint density at radius 2 is 1.86 bits per heavy atom. The maximum atomic E-state index is 13.8. The second-order valence-electron chi connectivity index (χ2n) is 8.83. The number of esters is 1. The molecule has 3 heterocycles. The lowest BCUT2D eigenvalue weighted by Gasteiger charge is -2.45. The van der Waals surface area contributed by atoms with E-state index in [0.29, 0.717) is 18.8 Å². The van der Waals surface area contributed by atoms with Crippen LogP contribution in [0.1, 0.15) is 47.0 Å². The van der Waals surface area contributed by atoms with E-state index in [0.717, 1.165) is 24.0 Å². The Kier molecular flexibility index (Phi) is 4.76. The molecule has 0 aromatic heterocycles. The fourth-order valence-electron chi connectivity index (χ4n) is 4.83. The van der Waals surface area contributed by atoms with E-state index in [1.165, 1.54) is 5.57 Å². The molecule has 1 saturated heterocycles. The van der Waals surface area contributed by atoms with Gasteiger partial charge < -0.3 is 9.47 Å². The number of ether oxygens (including phenoxy) is 2. The molecule has 152 valence electrons. The third kappa shape index (κ3) is 3.15. The van der Waals surface area contributed by atoms with E-state index in [1.807, 2.05) is 19.9 Å². The minimum absolute atomic E-state index is 0.0446. The Morgan fingerprint density at radius 1 is 1.07 bits per heavy atom. The molecular formula is C25H28O4. The standard InChI is InChI=1S/C25H28O4/c1-16-8-6-5-7-9-19-10-11-20(28-15-19)21-22(26)25(29-23(21)27)14-18(3)17(2)13-24(25,4)12-16/h6,8-13,18H,5,7,14-15H2,1-4H3/b8-6+,16-12+,19-9-,21-20?/t18-,24-,25+/m0/s1. The number of fused-ring (bicyclic) bond motifs is 5. The normalized spacial score (nSPS) is 39.2. The van der Waals surface area contributed by atoms with Crippen LogP contribution >= 0.6 is 0 Å². The molecule has 0 unspecified atom stereocenters. The first-order valence-corrected chi connectivity index (χ1v) is 10.3. The maximum Gasteiger partial charge on any atom is 0.346 e. The van der Waals surface area contributed by atoms with Gasteiger partial charge in [-0.2, -0.15) is 0 Å². The summed E-state index contributed by atoms with van der Waals surface area (Å²) in [6, 6.07) is 0. The summed E-state index contributed by atoms with van der Waals surface area (Å²) in [7, 11) is 0. The van der Waals surface area contributed by atoms with E-state index in [4.69, 9.17) is 9.47 Å². The molecule has 5 rings (SSSR count). The average Bonchev–Trinajstić information content (AvgIpc) is 2.91. The molecule has 5 aliphatic rings. The molecule has 0 aromatic rings. The second kappa shape index (κ2) is 7.01. The molecule has 0 radical (unpaired) electrons. The zero-order valence-electron chi connectivity index (χ0n) is 17.6. The highest BCUT2D eigenvalue weighted by molar-refractivity contribution is 6.26. The van der Waals surface area contributed by atoms with Gasteiger partial charge in [-0.3, -0.25) is 4.79 Å². The molecule has 0 aromatic carbocycles. The quantitative estimate of drug-likeness (QED) is 0.334. The van der Waals surface area contributed by atoms with Gasteiger partial charge in [0, 0.05) is 6.42 Å². The molecule has 2 aliphatic carbocycles.